The van der Waals surface area contributed by atoms with Gasteiger partial charge >= 0.3 is 0 Å². The standard InChI is InChI=1S/C13H24N4/c1-3-6-14-10-12-5-4-8-17(11-12)13-15-7-9-16(13)2/h7,9,12,14H,3-6,8,10-11H2,1-2H3. The van der Waals surface area contributed by atoms with Gasteiger partial charge in [-0.2, -0.15) is 0 Å². The van der Waals surface area contributed by atoms with Crippen molar-refractivity contribution in [2.45, 2.75) is 26.2 Å². The van der Waals surface area contributed by atoms with Crippen molar-refractivity contribution in [3.05, 3.63) is 12.4 Å². The number of anilines is 1. The highest BCUT2D eigenvalue weighted by molar-refractivity contribution is 5.31. The topological polar surface area (TPSA) is 33.1 Å². The molecule has 1 aliphatic heterocycles. The molecule has 1 fully saturated rings. The smallest absolute Gasteiger partial charge is 0.205 e. The van der Waals surface area contributed by atoms with Crippen molar-refractivity contribution in [2.75, 3.05) is 31.1 Å². The summed E-state index contributed by atoms with van der Waals surface area (Å²) in [6.07, 6.45) is 7.75. The summed E-state index contributed by atoms with van der Waals surface area (Å²) < 4.78 is 2.11. The maximum absolute atomic E-state index is 4.44. The van der Waals surface area contributed by atoms with Gasteiger partial charge in [0.15, 0.2) is 0 Å². The Balaban J connectivity index is 1.87. The zero-order valence-electron chi connectivity index (χ0n) is 11.0. The molecule has 96 valence electrons. The molecule has 0 aliphatic carbocycles. The summed E-state index contributed by atoms with van der Waals surface area (Å²) in [5.74, 6) is 1.89. The quantitative estimate of drug-likeness (QED) is 0.789. The second-order valence-electron chi connectivity index (χ2n) is 5.00. The first-order valence-corrected chi connectivity index (χ1v) is 6.74. The lowest BCUT2D eigenvalue weighted by Gasteiger charge is -2.33. The van der Waals surface area contributed by atoms with Crippen LogP contribution in [0.25, 0.3) is 0 Å². The number of nitrogens with one attached hydrogen (secondary N) is 1. The van der Waals surface area contributed by atoms with Crippen molar-refractivity contribution in [3.8, 4) is 0 Å². The minimum Gasteiger partial charge on any atom is -0.342 e. The first-order chi connectivity index (χ1) is 8.31. The third kappa shape index (κ3) is 3.22. The highest BCUT2D eigenvalue weighted by Gasteiger charge is 2.21. The van der Waals surface area contributed by atoms with Crippen molar-refractivity contribution < 1.29 is 0 Å². The number of hydrogen-bond donors (Lipinski definition) is 1. The van der Waals surface area contributed by atoms with Crippen molar-refractivity contribution in [1.29, 1.82) is 0 Å². The Kier molecular flexibility index (Phi) is 4.42. The van der Waals surface area contributed by atoms with Gasteiger partial charge in [0.05, 0.1) is 0 Å². The van der Waals surface area contributed by atoms with Crippen LogP contribution in [0.4, 0.5) is 5.95 Å². The number of imidazole rings is 1. The molecule has 17 heavy (non-hydrogen) atoms. The normalized spacial score (nSPS) is 20.8. The fraction of sp³-hybridized carbons (Fsp3) is 0.769. The molecular weight excluding hydrogens is 212 g/mol. The predicted octanol–water partition coefficient (Wildman–Crippen LogP) is 1.64. The van der Waals surface area contributed by atoms with E-state index in [0.717, 1.165) is 38.0 Å². The van der Waals surface area contributed by atoms with Crippen LogP contribution in [0, 0.1) is 5.92 Å². The summed E-state index contributed by atoms with van der Waals surface area (Å²) in [7, 11) is 2.07. The molecule has 4 heteroatoms. The Hall–Kier alpha value is -1.03. The molecule has 2 rings (SSSR count). The van der Waals surface area contributed by atoms with Crippen LogP contribution in [0.5, 0.6) is 0 Å². The minimum absolute atomic E-state index is 0.770. The van der Waals surface area contributed by atoms with E-state index in [1.54, 1.807) is 0 Å². The van der Waals surface area contributed by atoms with Crippen molar-refractivity contribution in [1.82, 2.24) is 14.9 Å². The summed E-state index contributed by atoms with van der Waals surface area (Å²) >= 11 is 0. The Morgan fingerprint density at radius 3 is 3.12 bits per heavy atom. The number of aromatic nitrogens is 2. The molecule has 1 aliphatic rings. The molecule has 0 radical (unpaired) electrons. The van der Waals surface area contributed by atoms with Crippen LogP contribution >= 0.6 is 0 Å². The minimum atomic E-state index is 0.770. The summed E-state index contributed by atoms with van der Waals surface area (Å²) in [5.41, 5.74) is 0. The van der Waals surface area contributed by atoms with Gasteiger partial charge in [0.1, 0.15) is 0 Å². The molecule has 1 aromatic rings. The predicted molar refractivity (Wildman–Crippen MR) is 71.3 cm³/mol. The average Bonchev–Trinajstić information content (AvgIpc) is 2.76. The molecule has 0 saturated carbocycles. The number of piperidine rings is 1. The van der Waals surface area contributed by atoms with Gasteiger partial charge in [0, 0.05) is 32.5 Å². The van der Waals surface area contributed by atoms with Gasteiger partial charge in [0.25, 0.3) is 0 Å². The van der Waals surface area contributed by atoms with Gasteiger partial charge in [-0.05, 0) is 38.3 Å². The van der Waals surface area contributed by atoms with E-state index in [-0.39, 0.29) is 0 Å². The van der Waals surface area contributed by atoms with Gasteiger partial charge in [-0.15, -0.1) is 0 Å². The monoisotopic (exact) mass is 236 g/mol. The van der Waals surface area contributed by atoms with E-state index in [4.69, 9.17) is 0 Å². The number of aryl methyl sites for hydroxylation is 1. The van der Waals surface area contributed by atoms with Gasteiger partial charge in [-0.1, -0.05) is 6.92 Å². The van der Waals surface area contributed by atoms with E-state index in [1.165, 1.54) is 19.3 Å². The first-order valence-electron chi connectivity index (χ1n) is 6.74. The number of rotatable bonds is 5. The Bertz CT molecular complexity index is 334. The Morgan fingerprint density at radius 2 is 2.41 bits per heavy atom. The molecule has 0 amide bonds. The second kappa shape index (κ2) is 6.05. The summed E-state index contributed by atoms with van der Waals surface area (Å²) in [6, 6.07) is 0. The van der Waals surface area contributed by atoms with Crippen LogP contribution in [0.2, 0.25) is 0 Å². The number of hydrogen-bond acceptors (Lipinski definition) is 3. The van der Waals surface area contributed by atoms with Crippen molar-refractivity contribution in [3.63, 3.8) is 0 Å². The van der Waals surface area contributed by atoms with Crippen LogP contribution in [0.3, 0.4) is 0 Å². The zero-order valence-corrected chi connectivity index (χ0v) is 11.0. The lowest BCUT2D eigenvalue weighted by molar-refractivity contribution is 0.388. The van der Waals surface area contributed by atoms with E-state index in [2.05, 4.69) is 33.7 Å². The molecular formula is C13H24N4. The molecule has 0 spiro atoms. The van der Waals surface area contributed by atoms with E-state index < -0.39 is 0 Å². The average molecular weight is 236 g/mol. The molecule has 2 heterocycles. The van der Waals surface area contributed by atoms with E-state index in [0.29, 0.717) is 0 Å². The molecule has 4 nitrogen and oxygen atoms in total. The Labute approximate surface area is 104 Å². The van der Waals surface area contributed by atoms with Crippen LogP contribution in [-0.2, 0) is 7.05 Å². The molecule has 1 N–H and O–H groups in total. The van der Waals surface area contributed by atoms with Crippen LogP contribution in [0.1, 0.15) is 26.2 Å². The van der Waals surface area contributed by atoms with E-state index in [9.17, 15) is 0 Å². The zero-order chi connectivity index (χ0) is 12.1. The molecule has 1 atom stereocenters. The lowest BCUT2D eigenvalue weighted by atomic mass is 9.98. The Morgan fingerprint density at radius 1 is 1.53 bits per heavy atom. The fourth-order valence-corrected chi connectivity index (χ4v) is 2.56. The molecule has 0 bridgehead atoms. The number of nitrogens with zero attached hydrogens (tertiary/aromatic N) is 3. The third-order valence-corrected chi connectivity index (χ3v) is 3.46. The van der Waals surface area contributed by atoms with Crippen LogP contribution < -0.4 is 10.2 Å². The van der Waals surface area contributed by atoms with Crippen molar-refractivity contribution >= 4 is 5.95 Å². The fourth-order valence-electron chi connectivity index (χ4n) is 2.56. The maximum Gasteiger partial charge on any atom is 0.205 e. The highest BCUT2D eigenvalue weighted by atomic mass is 15.3. The molecule has 1 saturated heterocycles. The van der Waals surface area contributed by atoms with Gasteiger partial charge in [0.2, 0.25) is 5.95 Å². The summed E-state index contributed by atoms with van der Waals surface area (Å²) in [4.78, 5) is 6.86. The summed E-state index contributed by atoms with van der Waals surface area (Å²) in [6.45, 7) is 6.79. The van der Waals surface area contributed by atoms with E-state index >= 15 is 0 Å². The lowest BCUT2D eigenvalue weighted by Crippen LogP contribution is -2.40. The van der Waals surface area contributed by atoms with Gasteiger partial charge in [-0.25, -0.2) is 4.98 Å². The van der Waals surface area contributed by atoms with E-state index in [1.807, 2.05) is 12.4 Å². The third-order valence-electron chi connectivity index (χ3n) is 3.46. The highest BCUT2D eigenvalue weighted by Crippen LogP contribution is 2.20. The maximum atomic E-state index is 4.44. The van der Waals surface area contributed by atoms with Crippen LogP contribution in [-0.4, -0.2) is 35.7 Å². The molecule has 1 aromatic heterocycles. The molecule has 1 unspecified atom stereocenters. The van der Waals surface area contributed by atoms with Crippen molar-refractivity contribution in [2.24, 2.45) is 13.0 Å². The molecule has 0 aromatic carbocycles. The van der Waals surface area contributed by atoms with Gasteiger partial charge < -0.3 is 14.8 Å². The largest absolute Gasteiger partial charge is 0.342 e. The van der Waals surface area contributed by atoms with Gasteiger partial charge in [-0.3, -0.25) is 0 Å². The SMILES string of the molecule is CCCNCC1CCCN(c2nccn2C)C1. The first kappa shape index (κ1) is 12.4. The van der Waals surface area contributed by atoms with Crippen LogP contribution in [0.15, 0.2) is 12.4 Å². The summed E-state index contributed by atoms with van der Waals surface area (Å²) in [5, 5.41) is 3.53. The second-order valence-corrected chi connectivity index (χ2v) is 5.00.